The number of hydrogen-bond acceptors (Lipinski definition) is 6. The molecule has 2 aliphatic carbocycles. The zero-order valence-corrected chi connectivity index (χ0v) is 25.8. The van der Waals surface area contributed by atoms with Crippen LogP contribution < -0.4 is 0 Å². The summed E-state index contributed by atoms with van der Waals surface area (Å²) in [5, 5.41) is 11.5. The van der Waals surface area contributed by atoms with Gasteiger partial charge < -0.3 is 0 Å². The Balaban J connectivity index is 1.61. The van der Waals surface area contributed by atoms with Gasteiger partial charge in [0.2, 0.25) is 0 Å². The Morgan fingerprint density at radius 3 is 1.98 bits per heavy atom. The summed E-state index contributed by atoms with van der Waals surface area (Å²) in [6.07, 6.45) is 0. The minimum atomic E-state index is -2.23. The number of benzene rings is 2. The van der Waals surface area contributed by atoms with Crippen molar-refractivity contribution in [3.8, 4) is 0 Å². The van der Waals surface area contributed by atoms with Gasteiger partial charge in [0.25, 0.3) is 23.4 Å². The highest BCUT2D eigenvalue weighted by Gasteiger charge is 2.88. The molecule has 3 aliphatic rings. The fraction of sp³-hybridized carbons (Fsp3) is 0.250. The summed E-state index contributed by atoms with van der Waals surface area (Å²) in [6, 6.07) is 8.43. The second-order valence-corrected chi connectivity index (χ2v) is 13.4. The molecule has 2 bridgehead atoms. The number of allylic oxidation sites excluding steroid dienone is 2. The third-order valence-corrected chi connectivity index (χ3v) is 12.0. The predicted octanol–water partition coefficient (Wildman–Crippen LogP) is 6.59. The van der Waals surface area contributed by atoms with Gasteiger partial charge in [-0.05, 0) is 18.2 Å². The highest BCUT2D eigenvalue weighted by Crippen LogP contribution is 2.77. The molecule has 1 saturated heterocycles. The largest absolute Gasteiger partial charge is 0.292 e. The molecule has 2 fully saturated rings. The summed E-state index contributed by atoms with van der Waals surface area (Å²) in [7, 11) is 0. The first-order valence-corrected chi connectivity index (χ1v) is 14.3. The number of non-ortho nitro benzene ring substituents is 1. The lowest BCUT2D eigenvalue weighted by Crippen LogP contribution is -2.56. The highest BCUT2D eigenvalue weighted by atomic mass is 35.5. The van der Waals surface area contributed by atoms with Crippen molar-refractivity contribution < 1.29 is 24.1 Å². The van der Waals surface area contributed by atoms with Crippen molar-refractivity contribution in [1.29, 1.82) is 0 Å². The summed E-state index contributed by atoms with van der Waals surface area (Å²) in [6.45, 7) is -0.942. The minimum absolute atomic E-state index is 0.162. The molecule has 0 unspecified atom stereocenters. The maximum absolute atomic E-state index is 13.9. The number of alkyl halides is 4. The van der Waals surface area contributed by atoms with Crippen molar-refractivity contribution in [1.82, 2.24) is 10.0 Å². The molecule has 4 atom stereocenters. The van der Waals surface area contributed by atoms with Crippen molar-refractivity contribution in [2.24, 2.45) is 11.8 Å². The Bertz CT molecular complexity index is 1590. The van der Waals surface area contributed by atoms with Crippen molar-refractivity contribution in [3.63, 3.8) is 0 Å². The maximum Gasteiger partial charge on any atom is 0.274 e. The Hall–Kier alpha value is -1.82. The Morgan fingerprint density at radius 1 is 0.902 bits per heavy atom. The molecule has 0 N–H and O–H groups in total. The number of ketones is 1. The molecule has 2 aromatic carbocycles. The third kappa shape index (κ3) is 4.04. The van der Waals surface area contributed by atoms with Crippen LogP contribution in [0.15, 0.2) is 52.5 Å². The Labute approximate surface area is 270 Å². The van der Waals surface area contributed by atoms with E-state index in [-0.39, 0.29) is 31.2 Å². The van der Waals surface area contributed by atoms with Crippen LogP contribution in [0.4, 0.5) is 5.69 Å². The molecule has 9 nitrogen and oxygen atoms in total. The van der Waals surface area contributed by atoms with E-state index in [9.17, 15) is 29.3 Å². The first-order chi connectivity index (χ1) is 19.0. The fourth-order valence-corrected chi connectivity index (χ4v) is 8.69. The van der Waals surface area contributed by atoms with E-state index < -0.39 is 66.6 Å². The molecule has 1 aliphatic heterocycles. The van der Waals surface area contributed by atoms with Gasteiger partial charge in [-0.3, -0.25) is 29.3 Å². The van der Waals surface area contributed by atoms with Crippen molar-refractivity contribution in [3.05, 3.63) is 83.8 Å². The van der Waals surface area contributed by atoms with Crippen LogP contribution in [0.25, 0.3) is 0 Å². The van der Waals surface area contributed by atoms with Gasteiger partial charge in [0.15, 0.2) is 10.1 Å². The third-order valence-electron chi connectivity index (χ3n) is 7.20. The number of hydrogen-bond donors (Lipinski definition) is 0. The molecule has 5 rings (SSSR count). The molecule has 3 amide bonds. The van der Waals surface area contributed by atoms with E-state index in [4.69, 9.17) is 92.8 Å². The maximum atomic E-state index is 13.9. The van der Waals surface area contributed by atoms with Crippen molar-refractivity contribution in [2.75, 3.05) is 6.54 Å². The number of amides is 3. The molecule has 0 spiro atoms. The van der Waals surface area contributed by atoms with Gasteiger partial charge in [0, 0.05) is 22.7 Å². The summed E-state index contributed by atoms with van der Waals surface area (Å²) in [5.41, 5.74) is -0.824. The van der Waals surface area contributed by atoms with Crippen LogP contribution in [0.2, 0.25) is 10.0 Å². The molecule has 41 heavy (non-hydrogen) atoms. The monoisotopic (exact) mass is 717 g/mol. The fourth-order valence-electron chi connectivity index (χ4n) is 5.27. The van der Waals surface area contributed by atoms with E-state index in [1.807, 2.05) is 0 Å². The molecule has 0 radical (unpaired) electrons. The molecule has 1 heterocycles. The molecule has 1 saturated carbocycles. The lowest BCUT2D eigenvalue weighted by molar-refractivity contribution is -0.384. The number of Topliss-reactive ketones (excluding diaryl/α,β-unsaturated/α-hetero) is 1. The number of imide groups is 1. The quantitative estimate of drug-likeness (QED) is 0.109. The van der Waals surface area contributed by atoms with Crippen LogP contribution in [0.3, 0.4) is 0 Å². The van der Waals surface area contributed by atoms with Gasteiger partial charge in [-0.25, -0.2) is 5.01 Å². The van der Waals surface area contributed by atoms with E-state index in [1.165, 1.54) is 30.3 Å². The molecule has 214 valence electrons. The van der Waals surface area contributed by atoms with Gasteiger partial charge in [0.05, 0.1) is 37.4 Å². The van der Waals surface area contributed by atoms with E-state index in [1.54, 1.807) is 0 Å². The number of nitrogens with zero attached hydrogens (tertiary/aromatic N) is 3. The average Bonchev–Trinajstić information content (AvgIpc) is 3.30. The van der Waals surface area contributed by atoms with E-state index in [2.05, 4.69) is 0 Å². The zero-order chi connectivity index (χ0) is 30.4. The standard InChI is InChI=1S/C24H11Cl8N3O6/c25-10-4-5-12(13(26)7-10)19(37)33(8-14(36)9-2-1-3-11(6-9)35(40)41)34-20(38)15-16(21(34)39)23(30)18(28)17(27)22(15,29)24(23,31)32/h1-7,15-16H,8H2/t15-,16-,22-,23-/m1/s1. The predicted molar refractivity (Wildman–Crippen MR) is 154 cm³/mol. The van der Waals surface area contributed by atoms with E-state index in [0.29, 0.717) is 10.0 Å². The van der Waals surface area contributed by atoms with Crippen LogP contribution in [-0.2, 0) is 9.59 Å². The van der Waals surface area contributed by atoms with Crippen LogP contribution in [0.5, 0.6) is 0 Å². The molecule has 0 aromatic heterocycles. The number of nitro benzene ring substituents is 1. The lowest BCUT2D eigenvalue weighted by atomic mass is 9.84. The average molecular weight is 721 g/mol. The van der Waals surface area contributed by atoms with E-state index >= 15 is 0 Å². The second kappa shape index (κ2) is 10.1. The first kappa shape index (κ1) is 30.6. The summed E-state index contributed by atoms with van der Waals surface area (Å²) >= 11 is 51.4. The molecular weight excluding hydrogens is 710 g/mol. The van der Waals surface area contributed by atoms with Gasteiger partial charge in [0.1, 0.15) is 16.3 Å². The Morgan fingerprint density at radius 2 is 1.46 bits per heavy atom. The second-order valence-electron chi connectivity index (χ2n) is 9.29. The SMILES string of the molecule is O=C(CN(C(=O)c1ccc(Cl)cc1Cl)N1C(=O)[C@H]2[C@H](C1=O)[C@@]1(Cl)C(Cl)=C(Cl)[C@@]2(Cl)C1(Cl)Cl)c1cccc([N+](=O)[O-])c1. The summed E-state index contributed by atoms with van der Waals surface area (Å²) < 4.78 is -2.23. The zero-order valence-electron chi connectivity index (χ0n) is 19.7. The van der Waals surface area contributed by atoms with Gasteiger partial charge in [-0.1, -0.05) is 81.7 Å². The molecular formula is C24H11Cl8N3O6. The van der Waals surface area contributed by atoms with Crippen LogP contribution in [0, 0.1) is 22.0 Å². The number of rotatable bonds is 6. The van der Waals surface area contributed by atoms with Gasteiger partial charge >= 0.3 is 0 Å². The smallest absolute Gasteiger partial charge is 0.274 e. The van der Waals surface area contributed by atoms with Crippen molar-refractivity contribution >= 4 is 122 Å². The lowest BCUT2D eigenvalue weighted by Gasteiger charge is -2.36. The normalized spacial score (nSPS) is 27.9. The van der Waals surface area contributed by atoms with Crippen LogP contribution in [0.1, 0.15) is 20.7 Å². The number of hydrazine groups is 1. The highest BCUT2D eigenvalue weighted by molar-refractivity contribution is 6.66. The van der Waals surface area contributed by atoms with Gasteiger partial charge in [-0.2, -0.15) is 5.01 Å². The van der Waals surface area contributed by atoms with Crippen LogP contribution >= 0.6 is 92.8 Å². The van der Waals surface area contributed by atoms with E-state index in [0.717, 1.165) is 12.1 Å². The summed E-state index contributed by atoms with van der Waals surface area (Å²) in [4.78, 5) is 61.2. The van der Waals surface area contributed by atoms with Crippen molar-refractivity contribution in [2.45, 2.75) is 14.1 Å². The number of carbonyl (C=O) groups is 4. The minimum Gasteiger partial charge on any atom is -0.292 e. The number of fused-ring (bicyclic) bond motifs is 5. The molecule has 17 heteroatoms. The Kier molecular flexibility index (Phi) is 7.57. The number of nitro groups is 1. The topological polar surface area (TPSA) is 118 Å². The van der Waals surface area contributed by atoms with Gasteiger partial charge in [-0.15, -0.1) is 23.2 Å². The molecule has 2 aromatic rings. The number of carbonyl (C=O) groups excluding carboxylic acids is 4. The summed E-state index contributed by atoms with van der Waals surface area (Å²) in [5.74, 6) is -7.33. The van der Waals surface area contributed by atoms with Crippen LogP contribution in [-0.4, -0.2) is 59.1 Å². The number of halogens is 8. The first-order valence-electron chi connectivity index (χ1n) is 11.3.